The molecule has 114 valence electrons. The van der Waals surface area contributed by atoms with Crippen molar-refractivity contribution in [2.45, 2.75) is 39.8 Å². The zero-order valence-electron chi connectivity index (χ0n) is 12.6. The van der Waals surface area contributed by atoms with Crippen molar-refractivity contribution in [2.75, 3.05) is 6.61 Å². The van der Waals surface area contributed by atoms with Gasteiger partial charge in [0.1, 0.15) is 6.61 Å². The van der Waals surface area contributed by atoms with Crippen molar-refractivity contribution >= 4 is 11.3 Å². The highest BCUT2D eigenvalue weighted by Crippen LogP contribution is 2.29. The fraction of sp³-hybridized carbons (Fsp3) is 0.438. The van der Waals surface area contributed by atoms with Crippen LogP contribution in [0.3, 0.4) is 0 Å². The van der Waals surface area contributed by atoms with Crippen LogP contribution in [0.2, 0.25) is 0 Å². The van der Waals surface area contributed by atoms with E-state index in [1.54, 1.807) is 11.3 Å². The van der Waals surface area contributed by atoms with Crippen LogP contribution in [0.5, 0.6) is 11.5 Å². The zero-order valence-corrected chi connectivity index (χ0v) is 13.4. The normalized spacial score (nSPS) is 10.6. The van der Waals surface area contributed by atoms with Crippen molar-refractivity contribution in [3.63, 3.8) is 0 Å². The Hall–Kier alpha value is -1.59. The molecule has 0 radical (unpaired) electrons. The molecule has 1 heterocycles. The monoisotopic (exact) mass is 306 g/mol. The highest BCUT2D eigenvalue weighted by atomic mass is 32.1. The summed E-state index contributed by atoms with van der Waals surface area (Å²) < 4.78 is 11.5. The van der Waals surface area contributed by atoms with Gasteiger partial charge >= 0.3 is 0 Å². The van der Waals surface area contributed by atoms with Crippen molar-refractivity contribution in [3.05, 3.63) is 39.8 Å². The lowest BCUT2D eigenvalue weighted by atomic mass is 10.2. The Morgan fingerprint density at radius 2 is 2.05 bits per heavy atom. The van der Waals surface area contributed by atoms with Crippen LogP contribution in [0.15, 0.2) is 23.6 Å². The molecule has 1 aromatic carbocycles. The zero-order chi connectivity index (χ0) is 15.1. The fourth-order valence-corrected chi connectivity index (χ4v) is 2.85. The largest absolute Gasteiger partial charge is 0.490 e. The van der Waals surface area contributed by atoms with E-state index in [-0.39, 0.29) is 0 Å². The van der Waals surface area contributed by atoms with Crippen molar-refractivity contribution in [3.8, 4) is 11.5 Å². The number of ether oxygens (including phenoxy) is 2. The van der Waals surface area contributed by atoms with Crippen LogP contribution in [0.4, 0.5) is 0 Å². The number of benzene rings is 1. The molecule has 2 N–H and O–H groups in total. The average molecular weight is 306 g/mol. The van der Waals surface area contributed by atoms with E-state index in [0.717, 1.165) is 35.6 Å². The van der Waals surface area contributed by atoms with Crippen LogP contribution in [0, 0.1) is 0 Å². The van der Waals surface area contributed by atoms with Crippen LogP contribution in [-0.4, -0.2) is 11.6 Å². The maximum Gasteiger partial charge on any atom is 0.161 e. The summed E-state index contributed by atoms with van der Waals surface area (Å²) in [5.41, 5.74) is 7.65. The number of nitrogens with zero attached hydrogens (tertiary/aromatic N) is 1. The van der Waals surface area contributed by atoms with Crippen LogP contribution in [0.1, 0.15) is 36.5 Å². The van der Waals surface area contributed by atoms with Gasteiger partial charge in [0.25, 0.3) is 0 Å². The van der Waals surface area contributed by atoms with E-state index in [2.05, 4.69) is 17.3 Å². The van der Waals surface area contributed by atoms with E-state index in [1.165, 1.54) is 5.01 Å². The van der Waals surface area contributed by atoms with Gasteiger partial charge < -0.3 is 15.2 Å². The van der Waals surface area contributed by atoms with Gasteiger partial charge in [0.2, 0.25) is 0 Å². The number of hydrogen-bond donors (Lipinski definition) is 1. The summed E-state index contributed by atoms with van der Waals surface area (Å²) in [4.78, 5) is 4.56. The Bertz CT molecular complexity index is 569. The van der Waals surface area contributed by atoms with Crippen molar-refractivity contribution in [1.29, 1.82) is 0 Å². The van der Waals surface area contributed by atoms with E-state index in [0.29, 0.717) is 19.8 Å². The van der Waals surface area contributed by atoms with Crippen LogP contribution >= 0.6 is 11.3 Å². The molecule has 0 unspecified atom stereocenters. The number of nitrogens with two attached hydrogens (primary N) is 1. The first-order valence-corrected chi connectivity index (χ1v) is 8.16. The standard InChI is InChI=1S/C16H22N2O2S/c1-3-5-16-18-13(11-21-16)10-20-14-7-6-12(9-17)8-15(14)19-4-2/h6-8,11H,3-5,9-10,17H2,1-2H3. The maximum atomic E-state index is 5.85. The molecule has 0 aliphatic carbocycles. The molecule has 5 heteroatoms. The molecule has 0 saturated heterocycles. The first-order valence-electron chi connectivity index (χ1n) is 7.28. The van der Waals surface area contributed by atoms with Gasteiger partial charge in [-0.2, -0.15) is 0 Å². The van der Waals surface area contributed by atoms with Crippen LogP contribution in [-0.2, 0) is 19.6 Å². The molecule has 0 amide bonds. The molecule has 0 fully saturated rings. The third kappa shape index (κ3) is 4.44. The van der Waals surface area contributed by atoms with Gasteiger partial charge in [0, 0.05) is 11.9 Å². The first-order chi connectivity index (χ1) is 10.3. The van der Waals surface area contributed by atoms with Gasteiger partial charge in [-0.25, -0.2) is 4.98 Å². The Kier molecular flexibility index (Phi) is 6.02. The number of aryl methyl sites for hydroxylation is 1. The van der Waals surface area contributed by atoms with Gasteiger partial charge in [0.15, 0.2) is 11.5 Å². The smallest absolute Gasteiger partial charge is 0.161 e. The van der Waals surface area contributed by atoms with Crippen LogP contribution in [0.25, 0.3) is 0 Å². The first kappa shape index (κ1) is 15.8. The topological polar surface area (TPSA) is 57.4 Å². The minimum absolute atomic E-state index is 0.461. The molecule has 0 bridgehead atoms. The quantitative estimate of drug-likeness (QED) is 0.810. The summed E-state index contributed by atoms with van der Waals surface area (Å²) in [6.07, 6.45) is 2.14. The van der Waals surface area contributed by atoms with E-state index >= 15 is 0 Å². The third-order valence-corrected chi connectivity index (χ3v) is 3.94. The maximum absolute atomic E-state index is 5.85. The summed E-state index contributed by atoms with van der Waals surface area (Å²) in [6.45, 7) is 5.66. The molecule has 0 spiro atoms. The summed E-state index contributed by atoms with van der Waals surface area (Å²) in [5, 5.41) is 3.22. The van der Waals surface area contributed by atoms with Gasteiger partial charge in [-0.15, -0.1) is 11.3 Å². The lowest BCUT2D eigenvalue weighted by Crippen LogP contribution is -2.02. The molecular formula is C16H22N2O2S. The van der Waals surface area contributed by atoms with Gasteiger partial charge in [-0.3, -0.25) is 0 Å². The van der Waals surface area contributed by atoms with Gasteiger partial charge in [-0.1, -0.05) is 13.0 Å². The molecule has 4 nitrogen and oxygen atoms in total. The predicted molar refractivity (Wildman–Crippen MR) is 85.9 cm³/mol. The summed E-state index contributed by atoms with van der Waals surface area (Å²) >= 11 is 1.69. The number of aromatic nitrogens is 1. The molecular weight excluding hydrogens is 284 g/mol. The molecule has 2 aromatic rings. The highest BCUT2D eigenvalue weighted by Gasteiger charge is 2.08. The summed E-state index contributed by atoms with van der Waals surface area (Å²) in [7, 11) is 0. The number of rotatable bonds is 8. The Morgan fingerprint density at radius 3 is 2.76 bits per heavy atom. The SMILES string of the molecule is CCCc1nc(COc2ccc(CN)cc2OCC)cs1. The van der Waals surface area contributed by atoms with E-state index in [1.807, 2.05) is 25.1 Å². The van der Waals surface area contributed by atoms with Gasteiger partial charge in [0.05, 0.1) is 17.3 Å². The van der Waals surface area contributed by atoms with Crippen molar-refractivity contribution < 1.29 is 9.47 Å². The number of thiazole rings is 1. The molecule has 1 aromatic heterocycles. The predicted octanol–water partition coefficient (Wildman–Crippen LogP) is 3.53. The summed E-state index contributed by atoms with van der Waals surface area (Å²) in [6, 6.07) is 5.80. The lowest BCUT2D eigenvalue weighted by molar-refractivity contribution is 0.266. The molecule has 0 aliphatic heterocycles. The van der Waals surface area contributed by atoms with Crippen molar-refractivity contribution in [2.24, 2.45) is 5.73 Å². The van der Waals surface area contributed by atoms with Crippen LogP contribution < -0.4 is 15.2 Å². The average Bonchev–Trinajstić information content (AvgIpc) is 2.94. The van der Waals surface area contributed by atoms with Gasteiger partial charge in [-0.05, 0) is 37.5 Å². The Morgan fingerprint density at radius 1 is 1.19 bits per heavy atom. The minimum Gasteiger partial charge on any atom is -0.490 e. The second-order valence-electron chi connectivity index (χ2n) is 4.69. The molecule has 0 aliphatic rings. The molecule has 0 atom stereocenters. The van der Waals surface area contributed by atoms with E-state index < -0.39 is 0 Å². The minimum atomic E-state index is 0.461. The molecule has 21 heavy (non-hydrogen) atoms. The molecule has 2 rings (SSSR count). The number of hydrogen-bond acceptors (Lipinski definition) is 5. The Balaban J connectivity index is 2.04. The molecule has 0 saturated carbocycles. The second-order valence-corrected chi connectivity index (χ2v) is 5.63. The highest BCUT2D eigenvalue weighted by molar-refractivity contribution is 7.09. The lowest BCUT2D eigenvalue weighted by Gasteiger charge is -2.12. The third-order valence-electron chi connectivity index (χ3n) is 2.98. The van der Waals surface area contributed by atoms with E-state index in [9.17, 15) is 0 Å². The summed E-state index contributed by atoms with van der Waals surface area (Å²) in [5.74, 6) is 1.48. The second kappa shape index (κ2) is 8.00. The van der Waals surface area contributed by atoms with E-state index in [4.69, 9.17) is 15.2 Å². The Labute approximate surface area is 129 Å². The van der Waals surface area contributed by atoms with Crippen molar-refractivity contribution in [1.82, 2.24) is 4.98 Å². The fourth-order valence-electron chi connectivity index (χ4n) is 1.96.